The highest BCUT2D eigenvalue weighted by Crippen LogP contribution is 2.47. The maximum atomic E-state index is 13.1. The average Bonchev–Trinajstić information content (AvgIpc) is 3.33. The van der Waals surface area contributed by atoms with Crippen LogP contribution in [0.4, 0.5) is 24.7 Å². The number of amidine groups is 1. The van der Waals surface area contributed by atoms with Crippen molar-refractivity contribution >= 4 is 55.7 Å². The monoisotopic (exact) mass is 500 g/mol. The van der Waals surface area contributed by atoms with Crippen molar-refractivity contribution in [3.8, 4) is 0 Å². The summed E-state index contributed by atoms with van der Waals surface area (Å²) in [4.78, 5) is 16.9. The number of benzene rings is 1. The molecule has 0 saturated heterocycles. The van der Waals surface area contributed by atoms with E-state index >= 15 is 0 Å². The summed E-state index contributed by atoms with van der Waals surface area (Å²) in [6.07, 6.45) is -4.35. The molecular weight excluding hydrogens is 489 g/mol. The van der Waals surface area contributed by atoms with Crippen LogP contribution in [-0.2, 0) is 16.2 Å². The first-order chi connectivity index (χ1) is 15.0. The number of anilines is 1. The van der Waals surface area contributed by atoms with Crippen molar-refractivity contribution < 1.29 is 26.4 Å². The molecule has 0 radical (unpaired) electrons. The molecule has 0 fully saturated rings. The molecule has 1 N–H and O–H groups in total. The van der Waals surface area contributed by atoms with E-state index < -0.39 is 33.1 Å². The molecule has 1 atom stereocenters. The van der Waals surface area contributed by atoms with Crippen molar-refractivity contribution in [2.24, 2.45) is 4.99 Å². The highest BCUT2D eigenvalue weighted by Gasteiger charge is 2.44. The van der Waals surface area contributed by atoms with Crippen LogP contribution < -0.4 is 5.32 Å². The molecule has 1 aromatic carbocycles. The molecular formula is C19H12ClF3N4O3S2. The Bertz CT molecular complexity index is 1410. The number of hydrogen-bond acceptors (Lipinski definition) is 6. The Morgan fingerprint density at radius 3 is 2.53 bits per heavy atom. The van der Waals surface area contributed by atoms with E-state index in [1.54, 1.807) is 12.1 Å². The first kappa shape index (κ1) is 21.0. The second-order valence-corrected chi connectivity index (χ2v) is 10.4. The number of carbonyl (C=O) groups excluding carboxylic acids is 1. The van der Waals surface area contributed by atoms with Crippen LogP contribution in [0, 0.1) is 6.92 Å². The van der Waals surface area contributed by atoms with Crippen LogP contribution in [-0.4, -0.2) is 28.5 Å². The van der Waals surface area contributed by atoms with Gasteiger partial charge in [0.05, 0.1) is 10.6 Å². The smallest absolute Gasteiger partial charge is 0.360 e. The van der Waals surface area contributed by atoms with E-state index in [-0.39, 0.29) is 32.1 Å². The fraction of sp³-hybridized carbons (Fsp3) is 0.158. The maximum absolute atomic E-state index is 13.1. The normalized spacial score (nSPS) is 17.9. The van der Waals surface area contributed by atoms with E-state index in [1.807, 2.05) is 6.92 Å². The number of alkyl halides is 3. The third kappa shape index (κ3) is 3.05. The number of nitrogens with one attached hydrogen (secondary N) is 1. The molecule has 1 unspecified atom stereocenters. The van der Waals surface area contributed by atoms with Gasteiger partial charge in [0.25, 0.3) is 15.9 Å². The summed E-state index contributed by atoms with van der Waals surface area (Å²) in [5.74, 6) is -0.787. The van der Waals surface area contributed by atoms with E-state index in [0.717, 1.165) is 20.5 Å². The van der Waals surface area contributed by atoms with E-state index in [2.05, 4.69) is 10.3 Å². The van der Waals surface area contributed by atoms with Gasteiger partial charge < -0.3 is 5.32 Å². The van der Waals surface area contributed by atoms with Crippen LogP contribution in [0.2, 0.25) is 0 Å². The number of fused-ring (bicyclic) bond motifs is 4. The summed E-state index contributed by atoms with van der Waals surface area (Å²) >= 11 is 6.51. The predicted octanol–water partition coefficient (Wildman–Crippen LogP) is 4.92. The van der Waals surface area contributed by atoms with Gasteiger partial charge in [-0.25, -0.2) is 17.4 Å². The molecule has 1 amide bonds. The first-order valence-corrected chi connectivity index (χ1v) is 11.7. The number of thiophene rings is 1. The van der Waals surface area contributed by atoms with Crippen LogP contribution in [0.1, 0.15) is 31.8 Å². The minimum Gasteiger partial charge on any atom is -0.360 e. The highest BCUT2D eigenvalue weighted by atomic mass is 35.5. The molecule has 0 spiro atoms. The van der Waals surface area contributed by atoms with E-state index in [0.29, 0.717) is 11.3 Å². The first-order valence-electron chi connectivity index (χ1n) is 9.07. The predicted molar refractivity (Wildman–Crippen MR) is 113 cm³/mol. The van der Waals surface area contributed by atoms with E-state index in [9.17, 15) is 26.4 Å². The molecule has 0 bridgehead atoms. The minimum atomic E-state index is -4.61. The SMILES string of the molecule is Cc1ccc(S(=O)(=O)n2ccc3c2N=C(Cl)N2C(=O)c4sc(C(F)(F)F)cc4NC32)cc1. The van der Waals surface area contributed by atoms with Crippen molar-refractivity contribution in [3.63, 3.8) is 0 Å². The van der Waals surface area contributed by atoms with Gasteiger partial charge in [-0.2, -0.15) is 13.2 Å². The molecule has 0 saturated carbocycles. The summed E-state index contributed by atoms with van der Waals surface area (Å²) in [5.41, 5.74) is 1.16. The van der Waals surface area contributed by atoms with Gasteiger partial charge in [-0.05, 0) is 42.8 Å². The number of nitrogens with zero attached hydrogens (tertiary/aromatic N) is 3. The van der Waals surface area contributed by atoms with Crippen LogP contribution in [0.5, 0.6) is 0 Å². The quantitative estimate of drug-likeness (QED) is 0.506. The van der Waals surface area contributed by atoms with Crippen molar-refractivity contribution in [1.29, 1.82) is 0 Å². The summed E-state index contributed by atoms with van der Waals surface area (Å²) < 4.78 is 66.7. The average molecular weight is 501 g/mol. The molecule has 3 aromatic rings. The third-order valence-corrected chi connectivity index (χ3v) is 8.22. The van der Waals surface area contributed by atoms with Crippen LogP contribution >= 0.6 is 22.9 Å². The Hall–Kier alpha value is -2.83. The molecule has 2 aliphatic rings. The van der Waals surface area contributed by atoms with Gasteiger partial charge in [0.15, 0.2) is 5.82 Å². The number of hydrogen-bond donors (Lipinski definition) is 1. The lowest BCUT2D eigenvalue weighted by Crippen LogP contribution is -2.45. The second-order valence-electron chi connectivity index (χ2n) is 7.16. The second kappa shape index (κ2) is 6.83. The maximum Gasteiger partial charge on any atom is 0.425 e. The third-order valence-electron chi connectivity index (χ3n) is 5.10. The number of halogens is 4. The van der Waals surface area contributed by atoms with E-state index in [4.69, 9.17) is 11.6 Å². The number of rotatable bonds is 2. The number of amides is 1. The Balaban J connectivity index is 1.61. The van der Waals surface area contributed by atoms with Crippen LogP contribution in [0.3, 0.4) is 0 Å². The molecule has 32 heavy (non-hydrogen) atoms. The molecule has 7 nitrogen and oxygen atoms in total. The molecule has 2 aromatic heterocycles. The Labute approximate surface area is 188 Å². The Morgan fingerprint density at radius 1 is 1.19 bits per heavy atom. The number of aliphatic imine (C=N–C) groups is 1. The van der Waals surface area contributed by atoms with Gasteiger partial charge >= 0.3 is 6.18 Å². The minimum absolute atomic E-state index is 0.0000309. The summed E-state index contributed by atoms with van der Waals surface area (Å²) in [7, 11) is -4.03. The standard InChI is InChI=1S/C19H12ClF3N4O3S2/c1-9-2-4-10(5-3-9)32(29,30)26-7-6-11-15(26)25-18(20)27-16(11)24-12-8-13(19(21,22)23)31-14(12)17(27)28/h2-8,16,24H,1H3. The molecule has 4 heterocycles. The zero-order chi connectivity index (χ0) is 23.0. The number of aromatic nitrogens is 1. The summed E-state index contributed by atoms with van der Waals surface area (Å²) in [5, 5.41) is 2.51. The van der Waals surface area contributed by atoms with Gasteiger partial charge in [0, 0.05) is 11.8 Å². The van der Waals surface area contributed by atoms with Crippen molar-refractivity contribution in [3.05, 3.63) is 63.5 Å². The largest absolute Gasteiger partial charge is 0.425 e. The summed E-state index contributed by atoms with van der Waals surface area (Å²) in [6.45, 7) is 1.82. The van der Waals surface area contributed by atoms with Gasteiger partial charge in [-0.3, -0.25) is 9.69 Å². The lowest BCUT2D eigenvalue weighted by Gasteiger charge is -2.37. The fourth-order valence-electron chi connectivity index (χ4n) is 3.55. The lowest BCUT2D eigenvalue weighted by molar-refractivity contribution is -0.134. The van der Waals surface area contributed by atoms with Crippen molar-refractivity contribution in [2.75, 3.05) is 5.32 Å². The molecule has 5 rings (SSSR count). The van der Waals surface area contributed by atoms with Crippen LogP contribution in [0.15, 0.2) is 52.5 Å². The van der Waals surface area contributed by atoms with Crippen LogP contribution in [0.25, 0.3) is 0 Å². The molecule has 2 aliphatic heterocycles. The van der Waals surface area contributed by atoms with Gasteiger partial charge in [0.1, 0.15) is 15.9 Å². The molecule has 13 heteroatoms. The van der Waals surface area contributed by atoms with E-state index in [1.165, 1.54) is 24.4 Å². The lowest BCUT2D eigenvalue weighted by atomic mass is 10.1. The highest BCUT2D eigenvalue weighted by molar-refractivity contribution is 7.90. The van der Waals surface area contributed by atoms with Gasteiger partial charge in [-0.15, -0.1) is 11.3 Å². The zero-order valence-electron chi connectivity index (χ0n) is 16.0. The Morgan fingerprint density at radius 2 is 1.88 bits per heavy atom. The van der Waals surface area contributed by atoms with Gasteiger partial charge in [0.2, 0.25) is 5.29 Å². The fourth-order valence-corrected chi connectivity index (χ4v) is 6.03. The molecule has 0 aliphatic carbocycles. The van der Waals surface area contributed by atoms with Gasteiger partial charge in [-0.1, -0.05) is 17.7 Å². The zero-order valence-corrected chi connectivity index (χ0v) is 18.4. The number of aryl methyl sites for hydroxylation is 1. The topological polar surface area (TPSA) is 83.8 Å². The molecule has 166 valence electrons. The Kier molecular flexibility index (Phi) is 4.49. The van der Waals surface area contributed by atoms with Crippen molar-refractivity contribution in [2.45, 2.75) is 24.2 Å². The van der Waals surface area contributed by atoms with Crippen molar-refractivity contribution in [1.82, 2.24) is 8.87 Å². The number of carbonyl (C=O) groups is 1. The summed E-state index contributed by atoms with van der Waals surface area (Å²) in [6, 6.07) is 8.51.